The van der Waals surface area contributed by atoms with Crippen LogP contribution in [0.25, 0.3) is 5.57 Å². The van der Waals surface area contributed by atoms with E-state index < -0.39 is 0 Å². The van der Waals surface area contributed by atoms with Gasteiger partial charge in [0, 0.05) is 12.0 Å². The van der Waals surface area contributed by atoms with Crippen LogP contribution in [0.5, 0.6) is 5.75 Å². The van der Waals surface area contributed by atoms with Crippen LogP contribution in [-0.2, 0) is 0 Å². The van der Waals surface area contributed by atoms with Crippen LogP contribution >= 0.6 is 0 Å². The molecule has 104 valence electrons. The molecular weight excluding hydrogens is 256 g/mol. The van der Waals surface area contributed by atoms with Gasteiger partial charge in [0.05, 0.1) is 5.92 Å². The molecule has 2 aromatic carbocycles. The molecular formula is C20H18O. The number of allylic oxidation sites excluding steroid dienone is 2. The molecule has 0 aliphatic carbocycles. The van der Waals surface area contributed by atoms with Crippen LogP contribution < -0.4 is 4.74 Å². The van der Waals surface area contributed by atoms with E-state index >= 15 is 0 Å². The molecule has 1 unspecified atom stereocenters. The first-order chi connectivity index (χ1) is 10.2. The molecule has 0 saturated heterocycles. The maximum Gasteiger partial charge on any atom is 0.130 e. The molecule has 2 aromatic rings. The molecule has 0 amide bonds. The van der Waals surface area contributed by atoms with Gasteiger partial charge in [-0.05, 0) is 31.1 Å². The van der Waals surface area contributed by atoms with E-state index in [0.717, 1.165) is 17.1 Å². The van der Waals surface area contributed by atoms with Crippen molar-refractivity contribution in [2.24, 2.45) is 0 Å². The lowest BCUT2D eigenvalue weighted by Gasteiger charge is -2.12. The maximum absolute atomic E-state index is 6.13. The summed E-state index contributed by atoms with van der Waals surface area (Å²) in [6.45, 7) is 4.20. The minimum atomic E-state index is 0.158. The number of ether oxygens (including phenoxy) is 1. The van der Waals surface area contributed by atoms with E-state index in [2.05, 4.69) is 44.0 Å². The molecule has 0 aromatic heterocycles. The van der Waals surface area contributed by atoms with Gasteiger partial charge in [0.25, 0.3) is 0 Å². The predicted octanol–water partition coefficient (Wildman–Crippen LogP) is 4.93. The topological polar surface area (TPSA) is 9.23 Å². The SMILES string of the molecule is C#CCC1/C(=C(\C)c2ccccc2)Oc2ccc(C)cc21. The van der Waals surface area contributed by atoms with Crippen molar-refractivity contribution >= 4 is 5.57 Å². The molecule has 0 bridgehead atoms. The average Bonchev–Trinajstić information content (AvgIpc) is 2.86. The monoisotopic (exact) mass is 274 g/mol. The minimum Gasteiger partial charge on any atom is -0.460 e. The highest BCUT2D eigenvalue weighted by Gasteiger charge is 2.30. The molecule has 0 N–H and O–H groups in total. The summed E-state index contributed by atoms with van der Waals surface area (Å²) in [5.41, 5.74) is 4.78. The van der Waals surface area contributed by atoms with Gasteiger partial charge in [0.1, 0.15) is 11.5 Å². The van der Waals surface area contributed by atoms with Gasteiger partial charge in [0.2, 0.25) is 0 Å². The van der Waals surface area contributed by atoms with Gasteiger partial charge in [0.15, 0.2) is 0 Å². The van der Waals surface area contributed by atoms with Crippen molar-refractivity contribution in [3.05, 3.63) is 71.0 Å². The lowest BCUT2D eigenvalue weighted by Crippen LogP contribution is -2.01. The van der Waals surface area contributed by atoms with Crippen molar-refractivity contribution in [1.29, 1.82) is 0 Å². The highest BCUT2D eigenvalue weighted by atomic mass is 16.5. The number of benzene rings is 2. The number of hydrogen-bond donors (Lipinski definition) is 0. The van der Waals surface area contributed by atoms with E-state index in [-0.39, 0.29) is 5.92 Å². The fourth-order valence-electron chi connectivity index (χ4n) is 2.85. The minimum absolute atomic E-state index is 0.158. The predicted molar refractivity (Wildman–Crippen MR) is 87.0 cm³/mol. The van der Waals surface area contributed by atoms with Crippen molar-refractivity contribution < 1.29 is 4.74 Å². The molecule has 0 radical (unpaired) electrons. The molecule has 1 aliphatic heterocycles. The fraction of sp³-hybridized carbons (Fsp3) is 0.200. The summed E-state index contributed by atoms with van der Waals surface area (Å²) in [4.78, 5) is 0. The second-order valence-electron chi connectivity index (χ2n) is 5.46. The Bertz CT molecular complexity index is 732. The van der Waals surface area contributed by atoms with Gasteiger partial charge in [-0.15, -0.1) is 12.3 Å². The summed E-state index contributed by atoms with van der Waals surface area (Å²) in [5.74, 6) is 4.87. The van der Waals surface area contributed by atoms with Crippen LogP contribution in [0.3, 0.4) is 0 Å². The lowest BCUT2D eigenvalue weighted by atomic mass is 9.91. The Morgan fingerprint density at radius 2 is 1.95 bits per heavy atom. The third-order valence-electron chi connectivity index (χ3n) is 3.98. The van der Waals surface area contributed by atoms with E-state index in [1.165, 1.54) is 16.7 Å². The zero-order chi connectivity index (χ0) is 14.8. The normalized spacial score (nSPS) is 18.6. The molecule has 1 heterocycles. The zero-order valence-electron chi connectivity index (χ0n) is 12.4. The molecule has 1 heteroatoms. The standard InChI is InChI=1S/C20H18O/c1-4-8-17-18-13-14(2)11-12-19(18)21-20(17)15(3)16-9-6-5-7-10-16/h1,5-7,9-13,17H,8H2,2-3H3/b20-15-. The number of rotatable bonds is 2. The number of fused-ring (bicyclic) bond motifs is 1. The second kappa shape index (κ2) is 5.50. The highest BCUT2D eigenvalue weighted by molar-refractivity contribution is 5.70. The smallest absolute Gasteiger partial charge is 0.130 e. The van der Waals surface area contributed by atoms with Crippen molar-refractivity contribution in [3.63, 3.8) is 0 Å². The number of hydrogen-bond acceptors (Lipinski definition) is 1. The quantitative estimate of drug-likeness (QED) is 0.706. The molecule has 0 spiro atoms. The lowest BCUT2D eigenvalue weighted by molar-refractivity contribution is 0.430. The Balaban J connectivity index is 2.10. The van der Waals surface area contributed by atoms with Gasteiger partial charge in [-0.2, -0.15) is 0 Å². The second-order valence-corrected chi connectivity index (χ2v) is 5.46. The summed E-state index contributed by atoms with van der Waals surface area (Å²) < 4.78 is 6.13. The van der Waals surface area contributed by atoms with Crippen molar-refractivity contribution in [2.45, 2.75) is 26.2 Å². The molecule has 1 atom stereocenters. The molecule has 21 heavy (non-hydrogen) atoms. The summed E-state index contributed by atoms with van der Waals surface area (Å²) in [5, 5.41) is 0. The third-order valence-corrected chi connectivity index (χ3v) is 3.98. The van der Waals surface area contributed by atoms with Gasteiger partial charge < -0.3 is 4.74 Å². The van der Waals surface area contributed by atoms with Crippen LogP contribution in [0.15, 0.2) is 54.3 Å². The molecule has 0 saturated carbocycles. The van der Waals surface area contributed by atoms with Gasteiger partial charge in [-0.3, -0.25) is 0 Å². The van der Waals surface area contributed by atoms with E-state index in [1.54, 1.807) is 0 Å². The molecule has 1 nitrogen and oxygen atoms in total. The number of aryl methyl sites for hydroxylation is 1. The largest absolute Gasteiger partial charge is 0.460 e. The first-order valence-corrected chi connectivity index (χ1v) is 7.18. The number of terminal acetylenes is 1. The van der Waals surface area contributed by atoms with Gasteiger partial charge in [-0.1, -0.05) is 48.0 Å². The summed E-state index contributed by atoms with van der Waals surface area (Å²) >= 11 is 0. The molecule has 0 fully saturated rings. The zero-order valence-corrected chi connectivity index (χ0v) is 12.4. The van der Waals surface area contributed by atoms with E-state index in [0.29, 0.717) is 6.42 Å². The van der Waals surface area contributed by atoms with Crippen molar-refractivity contribution in [2.75, 3.05) is 0 Å². The third kappa shape index (κ3) is 2.45. The Morgan fingerprint density at radius 3 is 2.67 bits per heavy atom. The van der Waals surface area contributed by atoms with E-state index in [4.69, 9.17) is 11.2 Å². The van der Waals surface area contributed by atoms with Crippen molar-refractivity contribution in [1.82, 2.24) is 0 Å². The average molecular weight is 274 g/mol. The summed E-state index contributed by atoms with van der Waals surface area (Å²) in [7, 11) is 0. The first-order valence-electron chi connectivity index (χ1n) is 7.18. The van der Waals surface area contributed by atoms with Crippen LogP contribution in [0, 0.1) is 19.3 Å². The maximum atomic E-state index is 6.13. The molecule has 3 rings (SSSR count). The van der Waals surface area contributed by atoms with E-state index in [1.807, 2.05) is 24.3 Å². The van der Waals surface area contributed by atoms with Crippen LogP contribution in [0.2, 0.25) is 0 Å². The summed E-state index contributed by atoms with van der Waals surface area (Å²) in [6.07, 6.45) is 6.24. The van der Waals surface area contributed by atoms with Gasteiger partial charge in [-0.25, -0.2) is 0 Å². The molecule has 1 aliphatic rings. The highest BCUT2D eigenvalue weighted by Crippen LogP contribution is 2.45. The van der Waals surface area contributed by atoms with Crippen molar-refractivity contribution in [3.8, 4) is 18.1 Å². The Morgan fingerprint density at radius 1 is 1.19 bits per heavy atom. The Hall–Kier alpha value is -2.46. The van der Waals surface area contributed by atoms with Crippen LogP contribution in [-0.4, -0.2) is 0 Å². The Labute approximate surface area is 126 Å². The fourth-order valence-corrected chi connectivity index (χ4v) is 2.85. The van der Waals surface area contributed by atoms with Gasteiger partial charge >= 0.3 is 0 Å². The Kier molecular flexibility index (Phi) is 3.54. The first kappa shape index (κ1) is 13.5. The van der Waals surface area contributed by atoms with E-state index in [9.17, 15) is 0 Å². The summed E-state index contributed by atoms with van der Waals surface area (Å²) in [6, 6.07) is 16.6. The van der Waals surface area contributed by atoms with Crippen LogP contribution in [0.4, 0.5) is 0 Å². The van der Waals surface area contributed by atoms with Crippen LogP contribution in [0.1, 0.15) is 36.0 Å².